The standard InChI is InChI=1S/C22H27ClN2O3/c1-15(2)24-22(27)17(4)25(13-18-7-5-6-8-20(18)23)21(26)14-28-19-11-9-16(3)10-12-19/h5-12,15,17H,13-14H2,1-4H3,(H,24,27)/t17-/m1/s1. The molecule has 0 bridgehead atoms. The van der Waals surface area contributed by atoms with Crippen LogP contribution in [0.25, 0.3) is 0 Å². The molecule has 0 aromatic heterocycles. The average Bonchev–Trinajstić information content (AvgIpc) is 2.65. The topological polar surface area (TPSA) is 58.6 Å². The van der Waals surface area contributed by atoms with E-state index in [9.17, 15) is 9.59 Å². The third kappa shape index (κ3) is 6.27. The number of ether oxygens (including phenoxy) is 1. The van der Waals surface area contributed by atoms with Gasteiger partial charge in [0.25, 0.3) is 5.91 Å². The predicted molar refractivity (Wildman–Crippen MR) is 111 cm³/mol. The normalized spacial score (nSPS) is 11.8. The highest BCUT2D eigenvalue weighted by Gasteiger charge is 2.27. The highest BCUT2D eigenvalue weighted by atomic mass is 35.5. The second-order valence-electron chi connectivity index (χ2n) is 7.05. The Balaban J connectivity index is 2.15. The van der Waals surface area contributed by atoms with Crippen LogP contribution in [0, 0.1) is 6.92 Å². The van der Waals surface area contributed by atoms with Crippen LogP contribution >= 0.6 is 11.6 Å². The molecule has 28 heavy (non-hydrogen) atoms. The molecule has 2 aromatic rings. The number of rotatable bonds is 8. The fraction of sp³-hybridized carbons (Fsp3) is 0.364. The Kier molecular flexibility index (Phi) is 7.88. The van der Waals surface area contributed by atoms with E-state index in [1.165, 1.54) is 4.90 Å². The van der Waals surface area contributed by atoms with Gasteiger partial charge in [-0.3, -0.25) is 9.59 Å². The number of amides is 2. The van der Waals surface area contributed by atoms with Crippen molar-refractivity contribution in [1.82, 2.24) is 10.2 Å². The fourth-order valence-corrected chi connectivity index (χ4v) is 2.86. The molecule has 2 aromatic carbocycles. The van der Waals surface area contributed by atoms with E-state index < -0.39 is 6.04 Å². The number of carbonyl (C=O) groups is 2. The molecule has 2 rings (SSSR count). The summed E-state index contributed by atoms with van der Waals surface area (Å²) in [4.78, 5) is 26.9. The zero-order chi connectivity index (χ0) is 20.7. The Hall–Kier alpha value is -2.53. The minimum Gasteiger partial charge on any atom is -0.484 e. The first-order valence-electron chi connectivity index (χ1n) is 9.30. The van der Waals surface area contributed by atoms with Gasteiger partial charge in [-0.1, -0.05) is 47.5 Å². The van der Waals surface area contributed by atoms with E-state index in [-0.39, 0.29) is 31.0 Å². The lowest BCUT2D eigenvalue weighted by Gasteiger charge is -2.29. The lowest BCUT2D eigenvalue weighted by molar-refractivity contribution is -0.142. The average molecular weight is 403 g/mol. The van der Waals surface area contributed by atoms with E-state index in [0.717, 1.165) is 11.1 Å². The fourth-order valence-electron chi connectivity index (χ4n) is 2.66. The van der Waals surface area contributed by atoms with Crippen LogP contribution in [0.5, 0.6) is 5.75 Å². The van der Waals surface area contributed by atoms with E-state index in [1.807, 2.05) is 63.2 Å². The Morgan fingerprint density at radius 3 is 2.32 bits per heavy atom. The van der Waals surface area contributed by atoms with Crippen molar-refractivity contribution in [2.75, 3.05) is 6.61 Å². The summed E-state index contributed by atoms with van der Waals surface area (Å²) < 4.78 is 5.63. The number of hydrogen-bond donors (Lipinski definition) is 1. The number of aryl methyl sites for hydroxylation is 1. The van der Waals surface area contributed by atoms with E-state index in [1.54, 1.807) is 13.0 Å². The van der Waals surface area contributed by atoms with E-state index in [2.05, 4.69) is 5.32 Å². The van der Waals surface area contributed by atoms with Crippen molar-refractivity contribution in [2.45, 2.75) is 46.3 Å². The van der Waals surface area contributed by atoms with Crippen LogP contribution in [0.3, 0.4) is 0 Å². The zero-order valence-corrected chi connectivity index (χ0v) is 17.5. The molecule has 2 amide bonds. The van der Waals surface area contributed by atoms with Gasteiger partial charge in [0, 0.05) is 17.6 Å². The molecule has 0 unspecified atom stereocenters. The van der Waals surface area contributed by atoms with Gasteiger partial charge in [-0.15, -0.1) is 0 Å². The van der Waals surface area contributed by atoms with Gasteiger partial charge in [-0.05, 0) is 51.5 Å². The molecule has 0 heterocycles. The second-order valence-corrected chi connectivity index (χ2v) is 7.46. The molecule has 0 saturated heterocycles. The molecule has 5 nitrogen and oxygen atoms in total. The van der Waals surface area contributed by atoms with Gasteiger partial charge in [0.2, 0.25) is 5.91 Å². The number of hydrogen-bond acceptors (Lipinski definition) is 3. The van der Waals surface area contributed by atoms with Crippen molar-refractivity contribution >= 4 is 23.4 Å². The summed E-state index contributed by atoms with van der Waals surface area (Å²) in [6.45, 7) is 7.51. The second kappa shape index (κ2) is 10.1. The van der Waals surface area contributed by atoms with Crippen LogP contribution in [-0.2, 0) is 16.1 Å². The number of nitrogens with zero attached hydrogens (tertiary/aromatic N) is 1. The first-order valence-corrected chi connectivity index (χ1v) is 9.68. The predicted octanol–water partition coefficient (Wildman–Crippen LogP) is 3.97. The number of halogens is 1. The zero-order valence-electron chi connectivity index (χ0n) is 16.7. The largest absolute Gasteiger partial charge is 0.484 e. The van der Waals surface area contributed by atoms with Crippen LogP contribution < -0.4 is 10.1 Å². The van der Waals surface area contributed by atoms with Crippen molar-refractivity contribution in [3.63, 3.8) is 0 Å². The van der Waals surface area contributed by atoms with Crippen molar-refractivity contribution in [2.24, 2.45) is 0 Å². The monoisotopic (exact) mass is 402 g/mol. The number of nitrogens with one attached hydrogen (secondary N) is 1. The van der Waals surface area contributed by atoms with Gasteiger partial charge in [0.1, 0.15) is 11.8 Å². The summed E-state index contributed by atoms with van der Waals surface area (Å²) in [5.41, 5.74) is 1.88. The van der Waals surface area contributed by atoms with Crippen molar-refractivity contribution in [1.29, 1.82) is 0 Å². The molecule has 0 fully saturated rings. The third-order valence-corrected chi connectivity index (χ3v) is 4.65. The highest BCUT2D eigenvalue weighted by molar-refractivity contribution is 6.31. The van der Waals surface area contributed by atoms with Gasteiger partial charge >= 0.3 is 0 Å². The van der Waals surface area contributed by atoms with Gasteiger partial charge in [-0.25, -0.2) is 0 Å². The van der Waals surface area contributed by atoms with Crippen LogP contribution in [0.1, 0.15) is 31.9 Å². The van der Waals surface area contributed by atoms with Crippen LogP contribution in [0.15, 0.2) is 48.5 Å². The summed E-state index contributed by atoms with van der Waals surface area (Å²) in [7, 11) is 0. The lowest BCUT2D eigenvalue weighted by atomic mass is 10.1. The molecule has 1 atom stereocenters. The van der Waals surface area contributed by atoms with Crippen LogP contribution in [0.4, 0.5) is 0 Å². The first-order chi connectivity index (χ1) is 13.3. The summed E-state index contributed by atoms with van der Waals surface area (Å²) in [6, 6.07) is 14.1. The van der Waals surface area contributed by atoms with E-state index in [4.69, 9.17) is 16.3 Å². The summed E-state index contributed by atoms with van der Waals surface area (Å²) in [5, 5.41) is 3.40. The van der Waals surface area contributed by atoms with E-state index >= 15 is 0 Å². The number of benzene rings is 2. The van der Waals surface area contributed by atoms with Gasteiger partial charge in [0.15, 0.2) is 6.61 Å². The lowest BCUT2D eigenvalue weighted by Crippen LogP contribution is -2.50. The minimum atomic E-state index is -0.659. The summed E-state index contributed by atoms with van der Waals surface area (Å²) in [6.07, 6.45) is 0. The third-order valence-electron chi connectivity index (χ3n) is 4.28. The summed E-state index contributed by atoms with van der Waals surface area (Å²) >= 11 is 6.26. The van der Waals surface area contributed by atoms with Gasteiger partial charge in [0.05, 0.1) is 0 Å². The number of carbonyl (C=O) groups excluding carboxylic acids is 2. The smallest absolute Gasteiger partial charge is 0.261 e. The van der Waals surface area contributed by atoms with E-state index in [0.29, 0.717) is 10.8 Å². The Morgan fingerprint density at radius 1 is 1.07 bits per heavy atom. The molecular formula is C22H27ClN2O3. The molecule has 0 spiro atoms. The molecule has 0 aliphatic heterocycles. The van der Waals surface area contributed by atoms with Gasteiger partial charge in [-0.2, -0.15) is 0 Å². The molecular weight excluding hydrogens is 376 g/mol. The Bertz CT molecular complexity index is 806. The maximum Gasteiger partial charge on any atom is 0.261 e. The highest BCUT2D eigenvalue weighted by Crippen LogP contribution is 2.19. The molecule has 0 radical (unpaired) electrons. The SMILES string of the molecule is Cc1ccc(OCC(=O)N(Cc2ccccc2Cl)[C@H](C)C(=O)NC(C)C)cc1. The van der Waals surface area contributed by atoms with Crippen molar-refractivity contribution in [3.8, 4) is 5.75 Å². The molecule has 0 aliphatic carbocycles. The Morgan fingerprint density at radius 2 is 1.71 bits per heavy atom. The van der Waals surface area contributed by atoms with Crippen molar-refractivity contribution < 1.29 is 14.3 Å². The summed E-state index contributed by atoms with van der Waals surface area (Å²) in [5.74, 6) is 0.105. The molecule has 0 saturated carbocycles. The maximum absolute atomic E-state index is 12.9. The van der Waals surface area contributed by atoms with Crippen LogP contribution in [-0.4, -0.2) is 35.4 Å². The quantitative estimate of drug-likeness (QED) is 0.726. The Labute approximate surface area is 171 Å². The minimum absolute atomic E-state index is 0.0176. The molecule has 6 heteroatoms. The first kappa shape index (κ1) is 21.8. The van der Waals surface area contributed by atoms with Crippen molar-refractivity contribution in [3.05, 3.63) is 64.7 Å². The van der Waals surface area contributed by atoms with Gasteiger partial charge < -0.3 is 15.0 Å². The van der Waals surface area contributed by atoms with Crippen LogP contribution in [0.2, 0.25) is 5.02 Å². The maximum atomic E-state index is 12.9. The molecule has 0 aliphatic rings. The molecule has 150 valence electrons. The molecule has 1 N–H and O–H groups in total.